The number of rotatable bonds is 5. The van der Waals surface area contributed by atoms with E-state index in [1.807, 2.05) is 5.38 Å². The van der Waals surface area contributed by atoms with Crippen LogP contribution in [-0.4, -0.2) is 56.3 Å². The van der Waals surface area contributed by atoms with Crippen molar-refractivity contribution >= 4 is 23.2 Å². The summed E-state index contributed by atoms with van der Waals surface area (Å²) in [7, 11) is 0. The lowest BCUT2D eigenvalue weighted by Crippen LogP contribution is -2.45. The lowest BCUT2D eigenvalue weighted by atomic mass is 9.98. The van der Waals surface area contributed by atoms with Crippen LogP contribution >= 0.6 is 11.3 Å². The topological polar surface area (TPSA) is 99.3 Å². The monoisotopic (exact) mass is 365 g/mol. The third kappa shape index (κ3) is 3.78. The summed E-state index contributed by atoms with van der Waals surface area (Å²) in [4.78, 5) is 38.2. The number of ether oxygens (including phenoxy) is 1. The van der Waals surface area contributed by atoms with Gasteiger partial charge in [0.25, 0.3) is 0 Å². The zero-order valence-corrected chi connectivity index (χ0v) is 14.6. The third-order valence-corrected chi connectivity index (χ3v) is 4.88. The second-order valence-corrected chi connectivity index (χ2v) is 6.64. The summed E-state index contributed by atoms with van der Waals surface area (Å²) in [6.07, 6.45) is 1.43. The van der Waals surface area contributed by atoms with Gasteiger partial charge in [0.05, 0.1) is 12.5 Å². The SMILES string of the molecule is CCOC(=O)[C@@H]1CCCN(C(=O)Cn2nnn(-c3cccs3)c2=O)C1. The molecule has 1 aliphatic rings. The van der Waals surface area contributed by atoms with Gasteiger partial charge in [-0.25, -0.2) is 4.79 Å². The number of likely N-dealkylation sites (tertiary alicyclic amines) is 1. The highest BCUT2D eigenvalue weighted by atomic mass is 32.1. The molecule has 0 spiro atoms. The summed E-state index contributed by atoms with van der Waals surface area (Å²) in [5, 5.41) is 10.1. The largest absolute Gasteiger partial charge is 0.466 e. The summed E-state index contributed by atoms with van der Waals surface area (Å²) < 4.78 is 7.23. The molecule has 0 saturated carbocycles. The van der Waals surface area contributed by atoms with E-state index in [4.69, 9.17) is 4.74 Å². The van der Waals surface area contributed by atoms with Crippen molar-refractivity contribution in [3.8, 4) is 5.00 Å². The van der Waals surface area contributed by atoms with Crippen molar-refractivity contribution in [1.29, 1.82) is 0 Å². The molecule has 2 aromatic rings. The lowest BCUT2D eigenvalue weighted by Gasteiger charge is -2.31. The molecule has 0 aliphatic carbocycles. The fourth-order valence-electron chi connectivity index (χ4n) is 2.79. The van der Waals surface area contributed by atoms with E-state index in [2.05, 4.69) is 10.4 Å². The first-order chi connectivity index (χ1) is 12.1. The molecule has 134 valence electrons. The molecule has 0 N–H and O–H groups in total. The van der Waals surface area contributed by atoms with Crippen LogP contribution in [0.2, 0.25) is 0 Å². The van der Waals surface area contributed by atoms with Crippen molar-refractivity contribution in [2.75, 3.05) is 19.7 Å². The molecule has 10 heteroatoms. The number of carbonyl (C=O) groups excluding carboxylic acids is 2. The van der Waals surface area contributed by atoms with Gasteiger partial charge in [-0.05, 0) is 47.7 Å². The van der Waals surface area contributed by atoms with E-state index in [1.165, 1.54) is 11.3 Å². The van der Waals surface area contributed by atoms with Crippen molar-refractivity contribution in [1.82, 2.24) is 24.7 Å². The molecule has 0 bridgehead atoms. The van der Waals surface area contributed by atoms with Gasteiger partial charge in [-0.1, -0.05) is 0 Å². The molecule has 0 radical (unpaired) electrons. The van der Waals surface area contributed by atoms with E-state index in [1.54, 1.807) is 24.0 Å². The number of amides is 1. The zero-order chi connectivity index (χ0) is 17.8. The van der Waals surface area contributed by atoms with Crippen molar-refractivity contribution in [3.05, 3.63) is 28.0 Å². The number of nitrogens with zero attached hydrogens (tertiary/aromatic N) is 5. The highest BCUT2D eigenvalue weighted by Gasteiger charge is 2.29. The van der Waals surface area contributed by atoms with Crippen molar-refractivity contribution in [3.63, 3.8) is 0 Å². The minimum atomic E-state index is -0.463. The van der Waals surface area contributed by atoms with E-state index in [0.717, 1.165) is 15.8 Å². The quantitative estimate of drug-likeness (QED) is 0.706. The molecule has 25 heavy (non-hydrogen) atoms. The van der Waals surface area contributed by atoms with E-state index < -0.39 is 5.69 Å². The van der Waals surface area contributed by atoms with Gasteiger partial charge < -0.3 is 9.64 Å². The molecule has 3 heterocycles. The van der Waals surface area contributed by atoms with Gasteiger partial charge in [0.15, 0.2) is 0 Å². The predicted molar refractivity (Wildman–Crippen MR) is 89.4 cm³/mol. The van der Waals surface area contributed by atoms with Crippen molar-refractivity contribution in [2.24, 2.45) is 5.92 Å². The second-order valence-electron chi connectivity index (χ2n) is 5.71. The molecule has 1 aliphatic heterocycles. The normalized spacial score (nSPS) is 17.5. The minimum Gasteiger partial charge on any atom is -0.466 e. The predicted octanol–water partition coefficient (Wildman–Crippen LogP) is 0.292. The second kappa shape index (κ2) is 7.60. The number of thiophene rings is 1. The Morgan fingerprint density at radius 1 is 1.40 bits per heavy atom. The van der Waals surface area contributed by atoms with Gasteiger partial charge in [-0.3, -0.25) is 9.59 Å². The number of aromatic nitrogens is 4. The van der Waals surface area contributed by atoms with Crippen molar-refractivity contribution < 1.29 is 14.3 Å². The first kappa shape index (κ1) is 17.3. The van der Waals surface area contributed by atoms with Gasteiger partial charge in [0.1, 0.15) is 11.5 Å². The average molecular weight is 365 g/mol. The Hall–Kier alpha value is -2.49. The molecule has 1 amide bonds. The van der Waals surface area contributed by atoms with E-state index in [9.17, 15) is 14.4 Å². The van der Waals surface area contributed by atoms with Crippen LogP contribution in [0.15, 0.2) is 22.3 Å². The molecule has 2 aromatic heterocycles. The minimum absolute atomic E-state index is 0.195. The smallest absolute Gasteiger partial charge is 0.369 e. The first-order valence-electron chi connectivity index (χ1n) is 8.11. The molecule has 1 atom stereocenters. The summed E-state index contributed by atoms with van der Waals surface area (Å²) >= 11 is 1.36. The maximum Gasteiger partial charge on any atom is 0.369 e. The maximum absolute atomic E-state index is 12.5. The highest BCUT2D eigenvalue weighted by Crippen LogP contribution is 2.18. The lowest BCUT2D eigenvalue weighted by molar-refractivity contribution is -0.151. The Balaban J connectivity index is 1.66. The molecule has 0 unspecified atom stereocenters. The number of hydrogen-bond donors (Lipinski definition) is 0. The molecular formula is C15H19N5O4S. The van der Waals surface area contributed by atoms with Crippen LogP contribution in [0, 0.1) is 5.92 Å². The van der Waals surface area contributed by atoms with E-state index in [0.29, 0.717) is 31.1 Å². The van der Waals surface area contributed by atoms with Crippen LogP contribution in [-0.2, 0) is 20.9 Å². The maximum atomic E-state index is 12.5. The van der Waals surface area contributed by atoms with E-state index in [-0.39, 0.29) is 24.3 Å². The van der Waals surface area contributed by atoms with Gasteiger partial charge in [-0.15, -0.1) is 11.3 Å². The van der Waals surface area contributed by atoms with E-state index >= 15 is 0 Å². The van der Waals surface area contributed by atoms with Crippen LogP contribution < -0.4 is 5.69 Å². The summed E-state index contributed by atoms with van der Waals surface area (Å²) in [6.45, 7) is 2.76. The molecule has 1 fully saturated rings. The van der Waals surface area contributed by atoms with Gasteiger partial charge >= 0.3 is 11.7 Å². The Labute approximate surface area is 147 Å². The van der Waals surface area contributed by atoms with Crippen LogP contribution in [0.5, 0.6) is 0 Å². The average Bonchev–Trinajstić information content (AvgIpc) is 3.26. The molecule has 3 rings (SSSR count). The van der Waals surface area contributed by atoms with Crippen LogP contribution in [0.4, 0.5) is 0 Å². The molecule has 0 aromatic carbocycles. The highest BCUT2D eigenvalue weighted by molar-refractivity contribution is 7.12. The Morgan fingerprint density at radius 2 is 2.24 bits per heavy atom. The number of carbonyl (C=O) groups is 2. The summed E-state index contributed by atoms with van der Waals surface area (Å²) in [5.41, 5.74) is -0.463. The number of hydrogen-bond acceptors (Lipinski definition) is 7. The zero-order valence-electron chi connectivity index (χ0n) is 13.8. The first-order valence-corrected chi connectivity index (χ1v) is 8.99. The fourth-order valence-corrected chi connectivity index (χ4v) is 3.45. The molecule has 9 nitrogen and oxygen atoms in total. The van der Waals surface area contributed by atoms with Crippen molar-refractivity contribution in [2.45, 2.75) is 26.3 Å². The van der Waals surface area contributed by atoms with Gasteiger partial charge in [-0.2, -0.15) is 9.36 Å². The fraction of sp³-hybridized carbons (Fsp3) is 0.533. The van der Waals surface area contributed by atoms with Gasteiger partial charge in [0.2, 0.25) is 5.91 Å². The summed E-state index contributed by atoms with van der Waals surface area (Å²) in [6, 6.07) is 3.56. The number of tetrazole rings is 1. The molecular weight excluding hydrogens is 346 g/mol. The van der Waals surface area contributed by atoms with Crippen LogP contribution in [0.3, 0.4) is 0 Å². The third-order valence-electron chi connectivity index (χ3n) is 4.03. The standard InChI is InChI=1S/C15H19N5O4S/c1-2-24-14(22)11-5-3-7-18(9-11)12(21)10-19-15(23)20(17-16-19)13-6-4-8-25-13/h4,6,8,11H,2-3,5,7,9-10H2,1H3/t11-/m1/s1. The Bertz CT molecular complexity index is 797. The molecule has 1 saturated heterocycles. The Morgan fingerprint density at radius 3 is 2.96 bits per heavy atom. The number of esters is 1. The van der Waals surface area contributed by atoms with Crippen LogP contribution in [0.25, 0.3) is 5.00 Å². The summed E-state index contributed by atoms with van der Waals surface area (Å²) in [5.74, 6) is -0.841. The van der Waals surface area contributed by atoms with Crippen LogP contribution in [0.1, 0.15) is 19.8 Å². The van der Waals surface area contributed by atoms with Gasteiger partial charge in [0, 0.05) is 13.1 Å². The number of piperidine rings is 1. The Kier molecular flexibility index (Phi) is 5.27.